The highest BCUT2D eigenvalue weighted by Gasteiger charge is 2.16. The molecule has 0 spiro atoms. The van der Waals surface area contributed by atoms with Crippen molar-refractivity contribution in [2.24, 2.45) is 5.92 Å². The SMILES string of the molecule is Cc1ccc(C#N)cc1Cc1cc(=O)n2c(CC(C)CO)c(C)sc2n1. The minimum absolute atomic E-state index is 0.0888. The molecular formula is C20H21N3O2S. The summed E-state index contributed by atoms with van der Waals surface area (Å²) in [5.41, 5.74) is 4.22. The van der Waals surface area contributed by atoms with E-state index in [1.165, 1.54) is 11.3 Å². The van der Waals surface area contributed by atoms with E-state index < -0.39 is 0 Å². The summed E-state index contributed by atoms with van der Waals surface area (Å²) in [5.74, 6) is 0.0921. The minimum atomic E-state index is -0.0939. The largest absolute Gasteiger partial charge is 0.396 e. The quantitative estimate of drug-likeness (QED) is 0.752. The predicted molar refractivity (Wildman–Crippen MR) is 103 cm³/mol. The van der Waals surface area contributed by atoms with Crippen LogP contribution >= 0.6 is 11.3 Å². The first-order chi connectivity index (χ1) is 12.4. The van der Waals surface area contributed by atoms with Gasteiger partial charge in [-0.05, 0) is 49.4 Å². The van der Waals surface area contributed by atoms with E-state index in [0.717, 1.165) is 21.7 Å². The van der Waals surface area contributed by atoms with Crippen LogP contribution in [0.3, 0.4) is 0 Å². The van der Waals surface area contributed by atoms with Crippen molar-refractivity contribution in [3.05, 3.63) is 67.6 Å². The maximum atomic E-state index is 12.7. The smallest absolute Gasteiger partial charge is 0.258 e. The molecule has 3 aromatic rings. The van der Waals surface area contributed by atoms with E-state index in [4.69, 9.17) is 5.26 Å². The Balaban J connectivity index is 2.03. The molecule has 0 saturated heterocycles. The summed E-state index contributed by atoms with van der Waals surface area (Å²) in [4.78, 5) is 19.1. The number of benzene rings is 1. The number of rotatable bonds is 5. The second kappa shape index (κ2) is 7.40. The predicted octanol–water partition coefficient (Wildman–Crippen LogP) is 3.01. The molecule has 0 saturated carbocycles. The molecule has 0 fully saturated rings. The van der Waals surface area contributed by atoms with Gasteiger partial charge in [0, 0.05) is 29.7 Å². The van der Waals surface area contributed by atoms with Crippen molar-refractivity contribution in [1.82, 2.24) is 9.38 Å². The first kappa shape index (κ1) is 18.3. The van der Waals surface area contributed by atoms with Crippen molar-refractivity contribution in [1.29, 1.82) is 5.26 Å². The van der Waals surface area contributed by atoms with Crippen molar-refractivity contribution in [2.75, 3.05) is 6.61 Å². The van der Waals surface area contributed by atoms with Gasteiger partial charge in [-0.1, -0.05) is 13.0 Å². The van der Waals surface area contributed by atoms with Gasteiger partial charge in [0.1, 0.15) is 0 Å². The third-order valence-corrected chi connectivity index (χ3v) is 5.56. The van der Waals surface area contributed by atoms with Gasteiger partial charge >= 0.3 is 0 Å². The summed E-state index contributed by atoms with van der Waals surface area (Å²) in [7, 11) is 0. The van der Waals surface area contributed by atoms with Crippen LogP contribution in [0.2, 0.25) is 0 Å². The molecule has 0 aliphatic heterocycles. The second-order valence-electron chi connectivity index (χ2n) is 6.73. The number of aromatic nitrogens is 2. The number of thiazole rings is 1. The summed E-state index contributed by atoms with van der Waals surface area (Å²) in [6.45, 7) is 6.02. The minimum Gasteiger partial charge on any atom is -0.396 e. The Kier molecular flexibility index (Phi) is 5.21. The average molecular weight is 367 g/mol. The zero-order valence-corrected chi connectivity index (χ0v) is 15.9. The van der Waals surface area contributed by atoms with Crippen LogP contribution in [0.5, 0.6) is 0 Å². The zero-order valence-electron chi connectivity index (χ0n) is 15.1. The summed E-state index contributed by atoms with van der Waals surface area (Å²) in [5, 5.41) is 18.4. The highest BCUT2D eigenvalue weighted by molar-refractivity contribution is 7.17. The highest BCUT2D eigenvalue weighted by Crippen LogP contribution is 2.23. The van der Waals surface area contributed by atoms with E-state index in [9.17, 15) is 9.90 Å². The van der Waals surface area contributed by atoms with Crippen molar-refractivity contribution < 1.29 is 5.11 Å². The van der Waals surface area contributed by atoms with Crippen molar-refractivity contribution in [3.8, 4) is 6.07 Å². The van der Waals surface area contributed by atoms with E-state index in [1.807, 2.05) is 32.9 Å². The van der Waals surface area contributed by atoms with Gasteiger partial charge in [0.2, 0.25) is 0 Å². The monoisotopic (exact) mass is 367 g/mol. The molecule has 1 aromatic carbocycles. The van der Waals surface area contributed by atoms with Crippen LogP contribution in [-0.2, 0) is 12.8 Å². The normalized spacial score (nSPS) is 12.3. The summed E-state index contributed by atoms with van der Waals surface area (Å²) in [6.07, 6.45) is 1.17. The Morgan fingerprint density at radius 2 is 2.12 bits per heavy atom. The maximum absolute atomic E-state index is 12.7. The Labute approximate surface area is 156 Å². The summed E-state index contributed by atoms with van der Waals surface area (Å²) in [6, 6.07) is 9.29. The summed E-state index contributed by atoms with van der Waals surface area (Å²) >= 11 is 1.50. The number of aliphatic hydroxyl groups excluding tert-OH is 1. The number of aryl methyl sites for hydroxylation is 2. The van der Waals surface area contributed by atoms with Crippen LogP contribution in [-0.4, -0.2) is 21.1 Å². The molecule has 0 amide bonds. The molecule has 134 valence electrons. The maximum Gasteiger partial charge on any atom is 0.258 e. The molecule has 0 aliphatic rings. The molecule has 0 aliphatic carbocycles. The number of fused-ring (bicyclic) bond motifs is 1. The van der Waals surface area contributed by atoms with Gasteiger partial charge < -0.3 is 5.11 Å². The molecule has 0 radical (unpaired) electrons. The van der Waals surface area contributed by atoms with Gasteiger partial charge in [-0.2, -0.15) is 5.26 Å². The Hall–Kier alpha value is -2.49. The number of hydrogen-bond donors (Lipinski definition) is 1. The van der Waals surface area contributed by atoms with Gasteiger partial charge in [0.15, 0.2) is 4.96 Å². The van der Waals surface area contributed by atoms with E-state index in [-0.39, 0.29) is 18.1 Å². The van der Waals surface area contributed by atoms with E-state index in [2.05, 4.69) is 11.1 Å². The van der Waals surface area contributed by atoms with Crippen molar-refractivity contribution >= 4 is 16.3 Å². The fourth-order valence-electron chi connectivity index (χ4n) is 3.02. The van der Waals surface area contributed by atoms with Gasteiger partial charge in [-0.15, -0.1) is 11.3 Å². The fraction of sp³-hybridized carbons (Fsp3) is 0.350. The number of hydrogen-bond acceptors (Lipinski definition) is 5. The zero-order chi connectivity index (χ0) is 18.8. The lowest BCUT2D eigenvalue weighted by Gasteiger charge is -2.09. The van der Waals surface area contributed by atoms with E-state index in [0.29, 0.717) is 29.1 Å². The lowest BCUT2D eigenvalue weighted by Crippen LogP contribution is -2.19. The standard InChI is InChI=1S/C20H21N3O2S/c1-12(11-24)6-18-14(3)26-20-22-17(9-19(25)23(18)20)8-16-7-15(10-21)5-4-13(16)2/h4-5,7,9,12,24H,6,8,11H2,1-3H3. The molecule has 1 N–H and O–H groups in total. The molecule has 26 heavy (non-hydrogen) atoms. The van der Waals surface area contributed by atoms with Crippen LogP contribution < -0.4 is 5.56 Å². The van der Waals surface area contributed by atoms with Crippen LogP contribution in [0.15, 0.2) is 29.1 Å². The first-order valence-electron chi connectivity index (χ1n) is 8.54. The van der Waals surface area contributed by atoms with Crippen molar-refractivity contribution in [2.45, 2.75) is 33.6 Å². The van der Waals surface area contributed by atoms with Crippen LogP contribution in [0, 0.1) is 31.1 Å². The molecule has 2 heterocycles. The Bertz CT molecular complexity index is 1060. The van der Waals surface area contributed by atoms with Crippen molar-refractivity contribution in [3.63, 3.8) is 0 Å². The van der Waals surface area contributed by atoms with Crippen LogP contribution in [0.25, 0.3) is 4.96 Å². The molecule has 6 heteroatoms. The first-order valence-corrected chi connectivity index (χ1v) is 9.36. The molecule has 3 rings (SSSR count). The second-order valence-corrected chi connectivity index (χ2v) is 7.91. The summed E-state index contributed by atoms with van der Waals surface area (Å²) < 4.78 is 1.66. The van der Waals surface area contributed by atoms with Crippen LogP contribution in [0.1, 0.15) is 39.9 Å². The van der Waals surface area contributed by atoms with E-state index >= 15 is 0 Å². The molecule has 5 nitrogen and oxygen atoms in total. The third-order valence-electron chi connectivity index (χ3n) is 4.56. The molecular weight excluding hydrogens is 346 g/mol. The van der Waals surface area contributed by atoms with E-state index in [1.54, 1.807) is 16.5 Å². The lowest BCUT2D eigenvalue weighted by molar-refractivity contribution is 0.236. The third kappa shape index (κ3) is 3.55. The average Bonchev–Trinajstić information content (AvgIpc) is 2.92. The Morgan fingerprint density at radius 1 is 1.35 bits per heavy atom. The molecule has 0 bridgehead atoms. The van der Waals surface area contributed by atoms with Gasteiger partial charge in [-0.25, -0.2) is 4.98 Å². The van der Waals surface area contributed by atoms with Gasteiger partial charge in [-0.3, -0.25) is 9.20 Å². The highest BCUT2D eigenvalue weighted by atomic mass is 32.1. The number of aliphatic hydroxyl groups is 1. The van der Waals surface area contributed by atoms with Gasteiger partial charge in [0.25, 0.3) is 5.56 Å². The molecule has 1 unspecified atom stereocenters. The topological polar surface area (TPSA) is 78.4 Å². The lowest BCUT2D eigenvalue weighted by atomic mass is 10.0. The van der Waals surface area contributed by atoms with Gasteiger partial charge in [0.05, 0.1) is 17.3 Å². The molecule has 1 atom stereocenters. The van der Waals surface area contributed by atoms with Crippen LogP contribution in [0.4, 0.5) is 0 Å². The fourth-order valence-corrected chi connectivity index (χ4v) is 4.04. The molecule has 2 aromatic heterocycles. The Morgan fingerprint density at radius 3 is 2.81 bits per heavy atom. The number of nitriles is 1. The number of nitrogens with zero attached hydrogens (tertiary/aromatic N) is 3.